The lowest BCUT2D eigenvalue weighted by Crippen LogP contribution is -2.48. The minimum Gasteiger partial charge on any atom is -0.447 e. The quantitative estimate of drug-likeness (QED) is 0.598. The Balaban J connectivity index is 1.67. The molecule has 1 fully saturated rings. The Morgan fingerprint density at radius 2 is 1.55 bits per heavy atom. The molecule has 2 amide bonds. The Kier molecular flexibility index (Phi) is 5.34. The highest BCUT2D eigenvalue weighted by Gasteiger charge is 2.48. The number of nitrogens with zero attached hydrogens (tertiary/aromatic N) is 3. The SMILES string of the molecule is O=C1OCCN1C(=O)[C@H]1[C@H](c2ccc(F)cc2)C(c2ccc(F)cc2)=NN1c1ccccc1. The first-order chi connectivity index (χ1) is 16.0. The fourth-order valence-corrected chi connectivity index (χ4v) is 4.20. The summed E-state index contributed by atoms with van der Waals surface area (Å²) in [4.78, 5) is 27.0. The number of halogens is 2. The lowest BCUT2D eigenvalue weighted by Gasteiger charge is -2.29. The first kappa shape index (κ1) is 20.8. The van der Waals surface area contributed by atoms with Crippen LogP contribution in [0.15, 0.2) is 84.0 Å². The van der Waals surface area contributed by atoms with E-state index in [0.29, 0.717) is 22.5 Å². The molecule has 2 atom stereocenters. The van der Waals surface area contributed by atoms with Gasteiger partial charge in [-0.3, -0.25) is 9.80 Å². The fourth-order valence-electron chi connectivity index (χ4n) is 4.20. The molecule has 33 heavy (non-hydrogen) atoms. The predicted octanol–water partition coefficient (Wildman–Crippen LogP) is 4.32. The second kappa shape index (κ2) is 8.46. The number of cyclic esters (lactones) is 1. The van der Waals surface area contributed by atoms with Crippen LogP contribution in [-0.2, 0) is 9.53 Å². The van der Waals surface area contributed by atoms with Gasteiger partial charge in [-0.25, -0.2) is 18.5 Å². The van der Waals surface area contributed by atoms with Crippen molar-refractivity contribution in [2.75, 3.05) is 18.2 Å². The molecule has 0 radical (unpaired) electrons. The van der Waals surface area contributed by atoms with E-state index in [0.717, 1.165) is 4.90 Å². The van der Waals surface area contributed by atoms with Gasteiger partial charge in [0.2, 0.25) is 0 Å². The van der Waals surface area contributed by atoms with Gasteiger partial charge in [-0.1, -0.05) is 42.5 Å². The summed E-state index contributed by atoms with van der Waals surface area (Å²) in [5.41, 5.74) is 2.42. The molecule has 0 aromatic heterocycles. The first-order valence-electron chi connectivity index (χ1n) is 10.5. The average molecular weight is 447 g/mol. The zero-order valence-corrected chi connectivity index (χ0v) is 17.4. The molecule has 3 aromatic carbocycles. The number of benzene rings is 3. The van der Waals surface area contributed by atoms with Crippen LogP contribution in [0.25, 0.3) is 0 Å². The van der Waals surface area contributed by atoms with Gasteiger partial charge in [0.25, 0.3) is 5.91 Å². The van der Waals surface area contributed by atoms with E-state index in [1.807, 2.05) is 18.2 Å². The minimum absolute atomic E-state index is 0.121. The lowest BCUT2D eigenvalue weighted by atomic mass is 9.84. The predicted molar refractivity (Wildman–Crippen MR) is 118 cm³/mol. The van der Waals surface area contributed by atoms with Gasteiger partial charge >= 0.3 is 6.09 Å². The van der Waals surface area contributed by atoms with Crippen LogP contribution in [0.4, 0.5) is 19.3 Å². The summed E-state index contributed by atoms with van der Waals surface area (Å²) >= 11 is 0. The van der Waals surface area contributed by atoms with Gasteiger partial charge in [-0.2, -0.15) is 5.10 Å². The van der Waals surface area contributed by atoms with Crippen LogP contribution in [0.2, 0.25) is 0 Å². The van der Waals surface area contributed by atoms with Gasteiger partial charge < -0.3 is 4.74 Å². The summed E-state index contributed by atoms with van der Waals surface area (Å²) in [6, 6.07) is 19.8. The van der Waals surface area contributed by atoms with Gasteiger partial charge in [0, 0.05) is 0 Å². The number of hydrogen-bond acceptors (Lipinski definition) is 5. The highest BCUT2D eigenvalue weighted by Crippen LogP contribution is 2.38. The molecule has 0 unspecified atom stereocenters. The molecule has 166 valence electrons. The summed E-state index contributed by atoms with van der Waals surface area (Å²) in [5.74, 6) is -1.93. The number of rotatable bonds is 4. The number of carbonyl (C=O) groups excluding carboxylic acids is 2. The number of carbonyl (C=O) groups is 2. The van der Waals surface area contributed by atoms with Crippen molar-refractivity contribution >= 4 is 23.4 Å². The summed E-state index contributed by atoms with van der Waals surface area (Å²) in [5, 5.41) is 6.34. The van der Waals surface area contributed by atoms with Crippen LogP contribution in [0.5, 0.6) is 0 Å². The zero-order chi connectivity index (χ0) is 22.9. The molecule has 2 aliphatic rings. The standard InChI is InChI=1S/C25H19F2N3O3/c26-18-10-6-16(7-11-18)21-22(17-8-12-19(27)13-9-17)28-30(20-4-2-1-3-5-20)23(21)24(31)29-14-15-33-25(29)32/h1-13,21,23H,14-15H2/t21-,23-/m1/s1. The van der Waals surface area contributed by atoms with Crippen molar-refractivity contribution < 1.29 is 23.1 Å². The van der Waals surface area contributed by atoms with Crippen LogP contribution in [0.1, 0.15) is 17.0 Å². The molecule has 0 spiro atoms. The number of imide groups is 1. The Labute approximate surface area is 188 Å². The van der Waals surface area contributed by atoms with Crippen molar-refractivity contribution in [1.82, 2.24) is 4.90 Å². The number of anilines is 1. The van der Waals surface area contributed by atoms with Gasteiger partial charge in [0.05, 0.1) is 23.9 Å². The monoisotopic (exact) mass is 447 g/mol. The van der Waals surface area contributed by atoms with Crippen molar-refractivity contribution in [2.45, 2.75) is 12.0 Å². The Morgan fingerprint density at radius 3 is 2.15 bits per heavy atom. The van der Waals surface area contributed by atoms with E-state index in [2.05, 4.69) is 0 Å². The lowest BCUT2D eigenvalue weighted by molar-refractivity contribution is -0.129. The first-order valence-corrected chi connectivity index (χ1v) is 10.5. The molecular weight excluding hydrogens is 428 g/mol. The average Bonchev–Trinajstić information content (AvgIpc) is 3.44. The van der Waals surface area contributed by atoms with E-state index in [-0.39, 0.29) is 13.2 Å². The maximum Gasteiger partial charge on any atom is 0.416 e. The summed E-state index contributed by atoms with van der Waals surface area (Å²) in [6.45, 7) is 0.258. The summed E-state index contributed by atoms with van der Waals surface area (Å²) in [6.07, 6.45) is -0.707. The molecule has 2 heterocycles. The topological polar surface area (TPSA) is 62.2 Å². The molecule has 8 heteroatoms. The van der Waals surface area contributed by atoms with Crippen LogP contribution >= 0.6 is 0 Å². The Bertz CT molecular complexity index is 1210. The number of hydrogen-bond donors (Lipinski definition) is 0. The van der Waals surface area contributed by atoms with Crippen LogP contribution in [0, 0.1) is 11.6 Å². The molecule has 0 aliphatic carbocycles. The van der Waals surface area contributed by atoms with E-state index in [1.165, 1.54) is 24.3 Å². The molecule has 3 aromatic rings. The number of hydrazone groups is 1. The largest absolute Gasteiger partial charge is 0.447 e. The molecule has 0 bridgehead atoms. The van der Waals surface area contributed by atoms with Gasteiger partial charge in [-0.15, -0.1) is 0 Å². The highest BCUT2D eigenvalue weighted by atomic mass is 19.1. The van der Waals surface area contributed by atoms with E-state index < -0.39 is 35.6 Å². The molecule has 0 N–H and O–H groups in total. The smallest absolute Gasteiger partial charge is 0.416 e. The third-order valence-electron chi connectivity index (χ3n) is 5.76. The second-order valence-electron chi connectivity index (χ2n) is 7.75. The Hall–Kier alpha value is -4.07. The van der Waals surface area contributed by atoms with Crippen molar-refractivity contribution in [3.8, 4) is 0 Å². The van der Waals surface area contributed by atoms with Crippen molar-refractivity contribution in [3.63, 3.8) is 0 Å². The van der Waals surface area contributed by atoms with Crippen LogP contribution in [-0.4, -0.2) is 41.8 Å². The Morgan fingerprint density at radius 1 is 0.909 bits per heavy atom. The van der Waals surface area contributed by atoms with E-state index in [9.17, 15) is 18.4 Å². The molecule has 1 saturated heterocycles. The summed E-state index contributed by atoms with van der Waals surface area (Å²) in [7, 11) is 0. The highest BCUT2D eigenvalue weighted by molar-refractivity contribution is 6.13. The van der Waals surface area contributed by atoms with E-state index in [1.54, 1.807) is 41.4 Å². The molecule has 0 saturated carbocycles. The van der Waals surface area contributed by atoms with Gasteiger partial charge in [0.15, 0.2) is 0 Å². The molecule has 5 rings (SSSR count). The van der Waals surface area contributed by atoms with Crippen LogP contribution in [0.3, 0.4) is 0 Å². The second-order valence-corrected chi connectivity index (χ2v) is 7.75. The molecular formula is C25H19F2N3O3. The van der Waals surface area contributed by atoms with Crippen LogP contribution < -0.4 is 5.01 Å². The van der Waals surface area contributed by atoms with E-state index in [4.69, 9.17) is 9.84 Å². The maximum atomic E-state index is 13.7. The van der Waals surface area contributed by atoms with Crippen molar-refractivity contribution in [3.05, 3.63) is 102 Å². The van der Waals surface area contributed by atoms with Crippen molar-refractivity contribution in [1.29, 1.82) is 0 Å². The van der Waals surface area contributed by atoms with Gasteiger partial charge in [0.1, 0.15) is 24.3 Å². The maximum absolute atomic E-state index is 13.7. The van der Waals surface area contributed by atoms with Crippen molar-refractivity contribution in [2.24, 2.45) is 5.10 Å². The van der Waals surface area contributed by atoms with E-state index >= 15 is 0 Å². The fraction of sp³-hybridized carbons (Fsp3) is 0.160. The molecule has 2 aliphatic heterocycles. The normalized spacial score (nSPS) is 20.1. The number of para-hydroxylation sites is 1. The molecule has 6 nitrogen and oxygen atoms in total. The minimum atomic E-state index is -0.927. The third-order valence-corrected chi connectivity index (χ3v) is 5.76. The summed E-state index contributed by atoms with van der Waals surface area (Å²) < 4.78 is 32.3. The third kappa shape index (κ3) is 3.84. The van der Waals surface area contributed by atoms with Gasteiger partial charge in [-0.05, 0) is 47.5 Å². The zero-order valence-electron chi connectivity index (χ0n) is 17.4. The number of ether oxygens (including phenoxy) is 1. The number of amides is 2.